The summed E-state index contributed by atoms with van der Waals surface area (Å²) in [7, 11) is 0. The Hall–Kier alpha value is -1.92. The summed E-state index contributed by atoms with van der Waals surface area (Å²) in [5.41, 5.74) is 2.60. The van der Waals surface area contributed by atoms with Crippen molar-refractivity contribution in [2.45, 2.75) is 44.7 Å². The van der Waals surface area contributed by atoms with Crippen molar-refractivity contribution in [3.63, 3.8) is 0 Å². The fraction of sp³-hybridized carbons (Fsp3) is 0.381. The molecular formula is C21H23ClO5. The SMILES string of the molecule is CCOc1ccc(Cc2cc([C@@H]3O[C@H](C)C(=O)[C@H](O)C3O)ccc2Cl)cc1. The minimum Gasteiger partial charge on any atom is -0.494 e. The van der Waals surface area contributed by atoms with Crippen molar-refractivity contribution >= 4 is 17.4 Å². The number of carbonyl (C=O) groups excluding carboxylic acids is 1. The molecule has 1 aliphatic rings. The number of carbonyl (C=O) groups is 1. The van der Waals surface area contributed by atoms with Gasteiger partial charge in [-0.1, -0.05) is 35.9 Å². The summed E-state index contributed by atoms with van der Waals surface area (Å²) in [6.07, 6.45) is -3.74. The second kappa shape index (κ2) is 8.40. The Labute approximate surface area is 163 Å². The van der Waals surface area contributed by atoms with Crippen LogP contribution in [0.4, 0.5) is 0 Å². The van der Waals surface area contributed by atoms with Gasteiger partial charge in [-0.15, -0.1) is 0 Å². The average Bonchev–Trinajstić information content (AvgIpc) is 2.66. The van der Waals surface area contributed by atoms with Gasteiger partial charge in [-0.05, 0) is 55.2 Å². The second-order valence-electron chi connectivity index (χ2n) is 6.64. The van der Waals surface area contributed by atoms with Crippen molar-refractivity contribution in [1.29, 1.82) is 0 Å². The third-order valence-corrected chi connectivity index (χ3v) is 5.07. The lowest BCUT2D eigenvalue weighted by Crippen LogP contribution is -2.50. The normalized spacial score (nSPS) is 25.4. The van der Waals surface area contributed by atoms with Crippen molar-refractivity contribution in [2.24, 2.45) is 0 Å². The fourth-order valence-corrected chi connectivity index (χ4v) is 3.40. The lowest BCUT2D eigenvalue weighted by Gasteiger charge is -2.35. The van der Waals surface area contributed by atoms with E-state index in [1.54, 1.807) is 19.1 Å². The molecule has 1 fully saturated rings. The molecule has 2 N–H and O–H groups in total. The number of Topliss-reactive ketones (excluding diaryl/α,β-unsaturated/α-hetero) is 1. The first kappa shape index (κ1) is 19.8. The molecule has 27 heavy (non-hydrogen) atoms. The van der Waals surface area contributed by atoms with E-state index in [0.717, 1.165) is 16.9 Å². The molecule has 0 aliphatic carbocycles. The molecular weight excluding hydrogens is 368 g/mol. The van der Waals surface area contributed by atoms with Crippen molar-refractivity contribution in [1.82, 2.24) is 0 Å². The Balaban J connectivity index is 1.83. The smallest absolute Gasteiger partial charge is 0.192 e. The van der Waals surface area contributed by atoms with Crippen LogP contribution in [0.3, 0.4) is 0 Å². The molecule has 0 spiro atoms. The zero-order chi connectivity index (χ0) is 19.6. The van der Waals surface area contributed by atoms with E-state index in [9.17, 15) is 15.0 Å². The van der Waals surface area contributed by atoms with Gasteiger partial charge in [0.25, 0.3) is 0 Å². The van der Waals surface area contributed by atoms with Gasteiger partial charge >= 0.3 is 0 Å². The Kier molecular flexibility index (Phi) is 6.17. The number of rotatable bonds is 5. The van der Waals surface area contributed by atoms with Crippen molar-refractivity contribution in [3.8, 4) is 5.75 Å². The number of halogens is 1. The molecule has 4 atom stereocenters. The van der Waals surface area contributed by atoms with Gasteiger partial charge in [0.05, 0.1) is 6.61 Å². The highest BCUT2D eigenvalue weighted by Gasteiger charge is 2.42. The Morgan fingerprint density at radius 1 is 1.15 bits per heavy atom. The molecule has 1 aliphatic heterocycles. The molecule has 1 saturated heterocycles. The molecule has 0 aromatic heterocycles. The highest BCUT2D eigenvalue weighted by atomic mass is 35.5. The monoisotopic (exact) mass is 390 g/mol. The minimum atomic E-state index is -1.45. The molecule has 0 radical (unpaired) electrons. The largest absolute Gasteiger partial charge is 0.494 e. The lowest BCUT2D eigenvalue weighted by atomic mass is 9.91. The van der Waals surface area contributed by atoms with Gasteiger partial charge in [0.15, 0.2) is 5.78 Å². The van der Waals surface area contributed by atoms with E-state index in [1.165, 1.54) is 0 Å². The summed E-state index contributed by atoms with van der Waals surface area (Å²) in [5.74, 6) is 0.301. The lowest BCUT2D eigenvalue weighted by molar-refractivity contribution is -0.181. The van der Waals surface area contributed by atoms with Crippen molar-refractivity contribution in [2.75, 3.05) is 6.61 Å². The van der Waals surface area contributed by atoms with E-state index in [1.807, 2.05) is 37.3 Å². The maximum atomic E-state index is 11.8. The van der Waals surface area contributed by atoms with Crippen LogP contribution in [0.2, 0.25) is 5.02 Å². The molecule has 0 bridgehead atoms. The first-order valence-corrected chi connectivity index (χ1v) is 9.34. The third-order valence-electron chi connectivity index (χ3n) is 4.70. The molecule has 5 nitrogen and oxygen atoms in total. The first-order valence-electron chi connectivity index (χ1n) is 8.96. The van der Waals surface area contributed by atoms with Crippen LogP contribution in [0.1, 0.15) is 36.6 Å². The summed E-state index contributed by atoms with van der Waals surface area (Å²) < 4.78 is 11.1. The molecule has 6 heteroatoms. The quantitative estimate of drug-likeness (QED) is 0.820. The zero-order valence-electron chi connectivity index (χ0n) is 15.3. The highest BCUT2D eigenvalue weighted by molar-refractivity contribution is 6.31. The van der Waals surface area contributed by atoms with Crippen LogP contribution in [0, 0.1) is 0 Å². The predicted molar refractivity (Wildman–Crippen MR) is 102 cm³/mol. The number of aliphatic hydroxyl groups is 2. The van der Waals surface area contributed by atoms with Gasteiger partial charge in [-0.3, -0.25) is 4.79 Å². The van der Waals surface area contributed by atoms with E-state index in [-0.39, 0.29) is 0 Å². The highest BCUT2D eigenvalue weighted by Crippen LogP contribution is 2.33. The molecule has 144 valence electrons. The Morgan fingerprint density at radius 3 is 2.52 bits per heavy atom. The predicted octanol–water partition coefficient (Wildman–Crippen LogP) is 3.08. The van der Waals surface area contributed by atoms with Crippen LogP contribution in [-0.4, -0.2) is 40.9 Å². The van der Waals surface area contributed by atoms with Crippen LogP contribution in [-0.2, 0) is 16.0 Å². The molecule has 1 heterocycles. The van der Waals surface area contributed by atoms with E-state index in [2.05, 4.69) is 0 Å². The Morgan fingerprint density at radius 2 is 1.85 bits per heavy atom. The van der Waals surface area contributed by atoms with Gasteiger partial charge in [0, 0.05) is 5.02 Å². The number of hydrogen-bond acceptors (Lipinski definition) is 5. The summed E-state index contributed by atoms with van der Waals surface area (Å²) in [4.78, 5) is 11.8. The summed E-state index contributed by atoms with van der Waals surface area (Å²) in [5, 5.41) is 20.8. The van der Waals surface area contributed by atoms with Gasteiger partial charge in [0.2, 0.25) is 0 Å². The van der Waals surface area contributed by atoms with Gasteiger partial charge < -0.3 is 19.7 Å². The third kappa shape index (κ3) is 4.33. The summed E-state index contributed by atoms with van der Waals surface area (Å²) in [6.45, 7) is 4.12. The molecule has 1 unspecified atom stereocenters. The van der Waals surface area contributed by atoms with Crippen molar-refractivity contribution < 1.29 is 24.5 Å². The molecule has 2 aromatic carbocycles. The van der Waals surface area contributed by atoms with Crippen molar-refractivity contribution in [3.05, 3.63) is 64.2 Å². The van der Waals surface area contributed by atoms with Gasteiger partial charge in [-0.2, -0.15) is 0 Å². The maximum absolute atomic E-state index is 11.8. The average molecular weight is 391 g/mol. The summed E-state index contributed by atoms with van der Waals surface area (Å²) in [6, 6.07) is 13.1. The van der Waals surface area contributed by atoms with Gasteiger partial charge in [0.1, 0.15) is 30.2 Å². The number of aliphatic hydroxyl groups excluding tert-OH is 2. The Bertz CT molecular complexity index is 805. The zero-order valence-corrected chi connectivity index (χ0v) is 16.0. The maximum Gasteiger partial charge on any atom is 0.192 e. The molecule has 0 saturated carbocycles. The van der Waals surface area contributed by atoms with E-state index in [4.69, 9.17) is 21.1 Å². The molecule has 2 aromatic rings. The van der Waals surface area contributed by atoms with Crippen LogP contribution >= 0.6 is 11.6 Å². The van der Waals surface area contributed by atoms with E-state index < -0.39 is 30.2 Å². The van der Waals surface area contributed by atoms with Crippen LogP contribution in [0.5, 0.6) is 5.75 Å². The number of ketones is 1. The molecule has 0 amide bonds. The van der Waals surface area contributed by atoms with Crippen LogP contribution in [0.15, 0.2) is 42.5 Å². The number of benzene rings is 2. The topological polar surface area (TPSA) is 76.0 Å². The van der Waals surface area contributed by atoms with E-state index >= 15 is 0 Å². The van der Waals surface area contributed by atoms with Crippen LogP contribution < -0.4 is 4.74 Å². The van der Waals surface area contributed by atoms with E-state index in [0.29, 0.717) is 23.6 Å². The second-order valence-corrected chi connectivity index (χ2v) is 7.05. The number of hydrogen-bond donors (Lipinski definition) is 2. The van der Waals surface area contributed by atoms with Gasteiger partial charge in [-0.25, -0.2) is 0 Å². The standard InChI is InChI=1S/C21H23ClO5/c1-3-26-16-7-4-13(5-8-16)10-15-11-14(6-9-17(15)22)21-20(25)19(24)18(23)12(2)27-21/h4-9,11-12,19-21,24-25H,3,10H2,1-2H3/t12-,19+,20?,21+/m1/s1. The minimum absolute atomic E-state index is 0.512. The summed E-state index contributed by atoms with van der Waals surface area (Å²) >= 11 is 6.35. The molecule has 3 rings (SSSR count). The van der Waals surface area contributed by atoms with Crippen LogP contribution in [0.25, 0.3) is 0 Å². The first-order chi connectivity index (χ1) is 12.9. The number of ether oxygens (including phenoxy) is 2. The fourth-order valence-electron chi connectivity index (χ4n) is 3.21.